The highest BCUT2D eigenvalue weighted by molar-refractivity contribution is 5.76. The van der Waals surface area contributed by atoms with E-state index in [4.69, 9.17) is 4.74 Å². The minimum Gasteiger partial charge on any atom is -0.385 e. The monoisotopic (exact) mass is 158 g/mol. The molecule has 0 aromatic rings. The van der Waals surface area contributed by atoms with Crippen molar-refractivity contribution in [1.29, 1.82) is 0 Å². The molecule has 0 saturated carbocycles. The standard InChI is InChI=1S/C7H14N2O2/c1-11-6-2-4-9-5-3-8-7(9)10/h2-6H2,1H3,(H,8,10). The van der Waals surface area contributed by atoms with E-state index in [1.165, 1.54) is 0 Å². The number of carbonyl (C=O) groups excluding carboxylic acids is 1. The molecule has 2 amide bonds. The summed E-state index contributed by atoms with van der Waals surface area (Å²) in [5, 5.41) is 2.74. The van der Waals surface area contributed by atoms with Gasteiger partial charge in [-0.3, -0.25) is 0 Å². The molecular formula is C7H14N2O2. The van der Waals surface area contributed by atoms with E-state index in [1.807, 2.05) is 0 Å². The Morgan fingerprint density at radius 3 is 3.09 bits per heavy atom. The van der Waals surface area contributed by atoms with Crippen LogP contribution in [0.2, 0.25) is 0 Å². The number of rotatable bonds is 4. The zero-order valence-corrected chi connectivity index (χ0v) is 6.80. The summed E-state index contributed by atoms with van der Waals surface area (Å²) in [5.74, 6) is 0. The third-order valence-corrected chi connectivity index (χ3v) is 1.72. The van der Waals surface area contributed by atoms with E-state index in [0.717, 1.165) is 32.7 Å². The number of methoxy groups -OCH3 is 1. The smallest absolute Gasteiger partial charge is 0.317 e. The van der Waals surface area contributed by atoms with Crippen molar-refractivity contribution in [2.75, 3.05) is 33.4 Å². The molecule has 0 bridgehead atoms. The third kappa shape index (κ3) is 2.38. The lowest BCUT2D eigenvalue weighted by atomic mass is 10.4. The van der Waals surface area contributed by atoms with Gasteiger partial charge >= 0.3 is 6.03 Å². The number of amides is 2. The SMILES string of the molecule is COCCCN1CCNC1=O. The molecular weight excluding hydrogens is 144 g/mol. The van der Waals surface area contributed by atoms with Crippen molar-refractivity contribution in [2.24, 2.45) is 0 Å². The van der Waals surface area contributed by atoms with E-state index in [0.29, 0.717) is 0 Å². The average Bonchev–Trinajstić information content (AvgIpc) is 2.37. The second-order valence-electron chi connectivity index (χ2n) is 2.57. The van der Waals surface area contributed by atoms with Gasteiger partial charge in [-0.2, -0.15) is 0 Å². The zero-order valence-electron chi connectivity index (χ0n) is 6.80. The second-order valence-corrected chi connectivity index (χ2v) is 2.57. The van der Waals surface area contributed by atoms with Crippen molar-refractivity contribution in [3.05, 3.63) is 0 Å². The summed E-state index contributed by atoms with van der Waals surface area (Å²) in [7, 11) is 1.67. The van der Waals surface area contributed by atoms with Gasteiger partial charge in [-0.25, -0.2) is 4.79 Å². The first kappa shape index (κ1) is 8.33. The highest BCUT2D eigenvalue weighted by Gasteiger charge is 2.17. The molecule has 11 heavy (non-hydrogen) atoms. The van der Waals surface area contributed by atoms with Gasteiger partial charge in [-0.05, 0) is 6.42 Å². The van der Waals surface area contributed by atoms with Crippen molar-refractivity contribution < 1.29 is 9.53 Å². The molecule has 0 radical (unpaired) electrons. The van der Waals surface area contributed by atoms with E-state index in [-0.39, 0.29) is 6.03 Å². The fraction of sp³-hybridized carbons (Fsp3) is 0.857. The molecule has 4 nitrogen and oxygen atoms in total. The molecule has 0 unspecified atom stereocenters. The van der Waals surface area contributed by atoms with Crippen molar-refractivity contribution in [1.82, 2.24) is 10.2 Å². The largest absolute Gasteiger partial charge is 0.385 e. The molecule has 1 fully saturated rings. The van der Waals surface area contributed by atoms with E-state index < -0.39 is 0 Å². The van der Waals surface area contributed by atoms with Crippen LogP contribution in [0, 0.1) is 0 Å². The molecule has 0 spiro atoms. The lowest BCUT2D eigenvalue weighted by Gasteiger charge is -2.12. The number of nitrogens with one attached hydrogen (secondary N) is 1. The Morgan fingerprint density at radius 2 is 2.55 bits per heavy atom. The van der Waals surface area contributed by atoms with Gasteiger partial charge in [0.2, 0.25) is 0 Å². The Morgan fingerprint density at radius 1 is 1.73 bits per heavy atom. The molecule has 64 valence electrons. The highest BCUT2D eigenvalue weighted by atomic mass is 16.5. The van der Waals surface area contributed by atoms with Gasteiger partial charge in [0.25, 0.3) is 0 Å². The van der Waals surface area contributed by atoms with Crippen LogP contribution in [0.1, 0.15) is 6.42 Å². The maximum Gasteiger partial charge on any atom is 0.317 e. The number of hydrogen-bond donors (Lipinski definition) is 1. The van der Waals surface area contributed by atoms with E-state index in [9.17, 15) is 4.79 Å². The van der Waals surface area contributed by atoms with Gasteiger partial charge in [-0.1, -0.05) is 0 Å². The van der Waals surface area contributed by atoms with Crippen molar-refractivity contribution in [3.63, 3.8) is 0 Å². The molecule has 0 aliphatic carbocycles. The van der Waals surface area contributed by atoms with Gasteiger partial charge < -0.3 is 15.0 Å². The van der Waals surface area contributed by atoms with Crippen LogP contribution in [-0.2, 0) is 4.74 Å². The molecule has 1 N–H and O–H groups in total. The topological polar surface area (TPSA) is 41.6 Å². The Bertz CT molecular complexity index is 138. The molecule has 1 heterocycles. The maximum absolute atomic E-state index is 10.9. The van der Waals surface area contributed by atoms with Crippen LogP contribution in [0.25, 0.3) is 0 Å². The number of hydrogen-bond acceptors (Lipinski definition) is 2. The highest BCUT2D eigenvalue weighted by Crippen LogP contribution is 1.97. The first-order valence-electron chi connectivity index (χ1n) is 3.86. The molecule has 1 aliphatic heterocycles. The van der Waals surface area contributed by atoms with Crippen LogP contribution in [0.4, 0.5) is 4.79 Å². The summed E-state index contributed by atoms with van der Waals surface area (Å²) in [4.78, 5) is 12.7. The van der Waals surface area contributed by atoms with Crippen LogP contribution < -0.4 is 5.32 Å². The number of urea groups is 1. The van der Waals surface area contributed by atoms with Gasteiger partial charge in [0.05, 0.1) is 0 Å². The van der Waals surface area contributed by atoms with Crippen molar-refractivity contribution >= 4 is 6.03 Å². The Hall–Kier alpha value is -0.770. The van der Waals surface area contributed by atoms with Crippen LogP contribution in [0.5, 0.6) is 0 Å². The minimum absolute atomic E-state index is 0.0566. The summed E-state index contributed by atoms with van der Waals surface area (Å²) < 4.78 is 4.88. The van der Waals surface area contributed by atoms with Crippen LogP contribution in [0.15, 0.2) is 0 Å². The Kier molecular flexibility index (Phi) is 3.16. The predicted octanol–water partition coefficient (Wildman–Crippen LogP) is 0.0481. The lowest BCUT2D eigenvalue weighted by molar-refractivity contribution is 0.177. The van der Waals surface area contributed by atoms with Crippen LogP contribution in [-0.4, -0.2) is 44.3 Å². The lowest BCUT2D eigenvalue weighted by Crippen LogP contribution is -2.29. The molecule has 0 atom stereocenters. The molecule has 1 saturated heterocycles. The first-order chi connectivity index (χ1) is 5.34. The van der Waals surface area contributed by atoms with Crippen LogP contribution in [0.3, 0.4) is 0 Å². The molecule has 0 aromatic heterocycles. The number of nitrogens with zero attached hydrogens (tertiary/aromatic N) is 1. The summed E-state index contributed by atoms with van der Waals surface area (Å²) in [6, 6.07) is 0.0566. The third-order valence-electron chi connectivity index (χ3n) is 1.72. The normalized spacial score (nSPS) is 17.2. The van der Waals surface area contributed by atoms with E-state index >= 15 is 0 Å². The first-order valence-corrected chi connectivity index (χ1v) is 3.86. The second kappa shape index (κ2) is 4.18. The fourth-order valence-electron chi connectivity index (χ4n) is 1.12. The maximum atomic E-state index is 10.9. The molecule has 4 heteroatoms. The van der Waals surface area contributed by atoms with E-state index in [1.54, 1.807) is 12.0 Å². The number of carbonyl (C=O) groups is 1. The summed E-state index contributed by atoms with van der Waals surface area (Å²) in [6.45, 7) is 3.15. The Balaban J connectivity index is 2.10. The predicted molar refractivity (Wildman–Crippen MR) is 41.5 cm³/mol. The molecule has 0 aromatic carbocycles. The average molecular weight is 158 g/mol. The van der Waals surface area contributed by atoms with E-state index in [2.05, 4.69) is 5.32 Å². The van der Waals surface area contributed by atoms with Gasteiger partial charge in [0.1, 0.15) is 0 Å². The number of ether oxygens (including phenoxy) is 1. The van der Waals surface area contributed by atoms with Gasteiger partial charge in [0.15, 0.2) is 0 Å². The van der Waals surface area contributed by atoms with Crippen molar-refractivity contribution in [3.8, 4) is 0 Å². The fourth-order valence-corrected chi connectivity index (χ4v) is 1.12. The molecule has 1 aliphatic rings. The summed E-state index contributed by atoms with van der Waals surface area (Å²) >= 11 is 0. The van der Waals surface area contributed by atoms with Gasteiger partial charge in [0, 0.05) is 33.4 Å². The minimum atomic E-state index is 0.0566. The Labute approximate surface area is 66.5 Å². The van der Waals surface area contributed by atoms with Crippen molar-refractivity contribution in [2.45, 2.75) is 6.42 Å². The summed E-state index contributed by atoms with van der Waals surface area (Å²) in [6.07, 6.45) is 0.921. The van der Waals surface area contributed by atoms with Gasteiger partial charge in [-0.15, -0.1) is 0 Å². The van der Waals surface area contributed by atoms with Crippen LogP contribution >= 0.6 is 0 Å². The quantitative estimate of drug-likeness (QED) is 0.587. The summed E-state index contributed by atoms with van der Waals surface area (Å²) in [5.41, 5.74) is 0. The molecule has 1 rings (SSSR count). The zero-order chi connectivity index (χ0) is 8.10.